The minimum Gasteiger partial charge on any atom is -0.462 e. The third-order valence-electron chi connectivity index (χ3n) is 6.10. The number of carbonyl (C=O) groups excluding carboxylic acids is 2. The van der Waals surface area contributed by atoms with Crippen molar-refractivity contribution in [3.8, 4) is 0 Å². The summed E-state index contributed by atoms with van der Waals surface area (Å²) in [6.45, 7) is 6.01. The smallest absolute Gasteiger partial charge is 0.339 e. The first-order valence-electron chi connectivity index (χ1n) is 11.8. The molecule has 0 unspecified atom stereocenters. The Morgan fingerprint density at radius 2 is 1.86 bits per heavy atom. The number of pyridine rings is 1. The van der Waals surface area contributed by atoms with Crippen LogP contribution in [0.15, 0.2) is 28.6 Å². The van der Waals surface area contributed by atoms with Crippen LogP contribution in [0.2, 0.25) is 9.36 Å². The maximum absolute atomic E-state index is 12.5. The minimum atomic E-state index is -3.99. The predicted octanol–water partition coefficient (Wildman–Crippen LogP) is 5.04. The molecule has 1 N–H and O–H groups in total. The van der Waals surface area contributed by atoms with Crippen LogP contribution < -0.4 is 9.62 Å². The number of anilines is 1. The van der Waals surface area contributed by atoms with Gasteiger partial charge in [-0.15, -0.1) is 11.3 Å². The monoisotopic (exact) mass is 576 g/mol. The van der Waals surface area contributed by atoms with Crippen LogP contribution in [-0.4, -0.2) is 63.1 Å². The van der Waals surface area contributed by atoms with Crippen LogP contribution in [-0.2, 0) is 14.8 Å². The van der Waals surface area contributed by atoms with E-state index in [1.54, 1.807) is 0 Å². The molecule has 9 nitrogen and oxygen atoms in total. The highest BCUT2D eigenvalue weighted by Crippen LogP contribution is 2.27. The van der Waals surface area contributed by atoms with Crippen molar-refractivity contribution in [2.24, 2.45) is 5.92 Å². The van der Waals surface area contributed by atoms with E-state index in [9.17, 15) is 18.0 Å². The van der Waals surface area contributed by atoms with Gasteiger partial charge in [0.25, 0.3) is 10.0 Å². The van der Waals surface area contributed by atoms with E-state index < -0.39 is 22.0 Å². The van der Waals surface area contributed by atoms with E-state index in [0.29, 0.717) is 40.8 Å². The quantitative estimate of drug-likeness (QED) is 0.311. The lowest BCUT2D eigenvalue weighted by atomic mass is 9.98. The summed E-state index contributed by atoms with van der Waals surface area (Å²) in [5.41, 5.74) is 0.281. The molecule has 3 heterocycles. The molecule has 3 rings (SSSR count). The first-order chi connectivity index (χ1) is 17.1. The molecule has 1 fully saturated rings. The Bertz CT molecular complexity index is 1160. The Kier molecular flexibility index (Phi) is 10.2. The number of aromatic nitrogens is 1. The number of ether oxygens (including phenoxy) is 1. The number of sulfonamides is 1. The highest BCUT2D eigenvalue weighted by molar-refractivity contribution is 7.92. The summed E-state index contributed by atoms with van der Waals surface area (Å²) in [5.74, 6) is 0.674. The second-order valence-electron chi connectivity index (χ2n) is 8.43. The lowest BCUT2D eigenvalue weighted by Gasteiger charge is -2.35. The molecular formula is C23H30Cl2N4O5S2. The van der Waals surface area contributed by atoms with Crippen LogP contribution in [0, 0.1) is 5.92 Å². The summed E-state index contributed by atoms with van der Waals surface area (Å²) >= 11 is 13.1. The second-order valence-corrected chi connectivity index (χ2v) is 12.5. The molecule has 0 aliphatic carbocycles. The van der Waals surface area contributed by atoms with Gasteiger partial charge < -0.3 is 14.5 Å². The number of carbonyl (C=O) groups is 2. The molecule has 36 heavy (non-hydrogen) atoms. The SMILES string of the molecule is CCC(CC)CCCOC(=O)c1cnc(N2CCN(C(=O)NS(=O)(=O)c3ccc(Cl)s3)CC2)c(Cl)c1. The number of piperazine rings is 1. The zero-order valence-corrected chi connectivity index (χ0v) is 23.4. The topological polar surface area (TPSA) is 109 Å². The molecule has 2 amide bonds. The fraction of sp³-hybridized carbons (Fsp3) is 0.522. The largest absolute Gasteiger partial charge is 0.462 e. The molecule has 1 aliphatic rings. The normalized spacial score (nSPS) is 14.2. The standard InChI is InChI=1S/C23H30Cl2N4O5S2/c1-3-16(4-2)6-5-13-34-22(30)17-14-18(24)21(26-15-17)28-9-11-29(12-10-28)23(31)27-36(32,33)20-8-7-19(25)35-20/h7-8,14-16H,3-6,9-13H2,1-2H3,(H,27,31). The van der Waals surface area contributed by atoms with Gasteiger partial charge in [-0.3, -0.25) is 0 Å². The molecule has 1 aliphatic heterocycles. The molecule has 0 bridgehead atoms. The number of esters is 1. The number of rotatable bonds is 10. The average Bonchev–Trinajstić information content (AvgIpc) is 3.31. The minimum absolute atomic E-state index is 0.0276. The first-order valence-corrected chi connectivity index (χ1v) is 14.8. The Balaban J connectivity index is 1.50. The van der Waals surface area contributed by atoms with Crippen molar-refractivity contribution in [2.45, 2.75) is 43.7 Å². The van der Waals surface area contributed by atoms with E-state index in [4.69, 9.17) is 27.9 Å². The number of halogens is 2. The third kappa shape index (κ3) is 7.47. The maximum atomic E-state index is 12.5. The van der Waals surface area contributed by atoms with Crippen LogP contribution in [0.3, 0.4) is 0 Å². The van der Waals surface area contributed by atoms with E-state index in [1.807, 2.05) is 4.90 Å². The Labute approximate surface area is 225 Å². The van der Waals surface area contributed by atoms with Crippen molar-refractivity contribution in [1.29, 1.82) is 0 Å². The predicted molar refractivity (Wildman–Crippen MR) is 142 cm³/mol. The third-order valence-corrected chi connectivity index (χ3v) is 9.42. The molecule has 0 aromatic carbocycles. The number of nitrogens with zero attached hydrogens (tertiary/aromatic N) is 3. The Morgan fingerprint density at radius 1 is 1.17 bits per heavy atom. The lowest BCUT2D eigenvalue weighted by Crippen LogP contribution is -2.53. The highest BCUT2D eigenvalue weighted by atomic mass is 35.5. The van der Waals surface area contributed by atoms with E-state index in [-0.39, 0.29) is 22.9 Å². The van der Waals surface area contributed by atoms with Crippen molar-refractivity contribution < 1.29 is 22.7 Å². The van der Waals surface area contributed by atoms with Gasteiger partial charge >= 0.3 is 12.0 Å². The number of hydrogen-bond donors (Lipinski definition) is 1. The molecule has 0 radical (unpaired) electrons. The van der Waals surface area contributed by atoms with E-state index in [1.165, 1.54) is 29.3 Å². The number of nitrogens with one attached hydrogen (secondary N) is 1. The lowest BCUT2D eigenvalue weighted by molar-refractivity contribution is 0.0492. The summed E-state index contributed by atoms with van der Waals surface area (Å²) in [5, 5.41) is 0.302. The summed E-state index contributed by atoms with van der Waals surface area (Å²) < 4.78 is 32.5. The van der Waals surface area contributed by atoms with Gasteiger partial charge in [0, 0.05) is 32.4 Å². The summed E-state index contributed by atoms with van der Waals surface area (Å²) in [4.78, 5) is 32.5. The summed E-state index contributed by atoms with van der Waals surface area (Å²) in [6, 6.07) is 3.63. The molecule has 2 aromatic heterocycles. The molecule has 198 valence electrons. The van der Waals surface area contributed by atoms with Gasteiger partial charge in [-0.2, -0.15) is 0 Å². The van der Waals surface area contributed by atoms with Gasteiger partial charge in [0.2, 0.25) is 0 Å². The summed E-state index contributed by atoms with van der Waals surface area (Å²) in [6.07, 6.45) is 5.51. The van der Waals surface area contributed by atoms with E-state index in [0.717, 1.165) is 37.0 Å². The van der Waals surface area contributed by atoms with Crippen LogP contribution >= 0.6 is 34.5 Å². The van der Waals surface area contributed by atoms with Gasteiger partial charge in [-0.25, -0.2) is 27.7 Å². The molecule has 1 saturated heterocycles. The first kappa shape index (κ1) is 28.5. The fourth-order valence-corrected chi connectivity index (χ4v) is 6.63. The van der Waals surface area contributed by atoms with Gasteiger partial charge in [0.1, 0.15) is 10.0 Å². The molecule has 0 atom stereocenters. The number of amides is 2. The van der Waals surface area contributed by atoms with Crippen LogP contribution in [0.4, 0.5) is 10.6 Å². The van der Waals surface area contributed by atoms with Crippen LogP contribution in [0.1, 0.15) is 49.9 Å². The van der Waals surface area contributed by atoms with E-state index >= 15 is 0 Å². The van der Waals surface area contributed by atoms with Gasteiger partial charge in [-0.05, 0) is 37.0 Å². The number of urea groups is 1. The van der Waals surface area contributed by atoms with Gasteiger partial charge in [0.15, 0.2) is 0 Å². The van der Waals surface area contributed by atoms with Gasteiger partial charge in [-0.1, -0.05) is 49.9 Å². The molecule has 0 spiro atoms. The Hall–Kier alpha value is -2.08. The Morgan fingerprint density at radius 3 is 2.44 bits per heavy atom. The molecule has 0 saturated carbocycles. The zero-order valence-electron chi connectivity index (χ0n) is 20.2. The zero-order chi connectivity index (χ0) is 26.3. The van der Waals surface area contributed by atoms with E-state index in [2.05, 4.69) is 23.6 Å². The fourth-order valence-electron chi connectivity index (χ4n) is 3.89. The second kappa shape index (κ2) is 12.9. The van der Waals surface area contributed by atoms with Crippen molar-refractivity contribution in [3.63, 3.8) is 0 Å². The maximum Gasteiger partial charge on any atom is 0.339 e. The average molecular weight is 578 g/mol. The number of hydrogen-bond acceptors (Lipinski definition) is 8. The van der Waals surface area contributed by atoms with Crippen molar-refractivity contribution >= 4 is 62.4 Å². The highest BCUT2D eigenvalue weighted by Gasteiger charge is 2.27. The van der Waals surface area contributed by atoms with Crippen LogP contribution in [0.25, 0.3) is 0 Å². The van der Waals surface area contributed by atoms with Crippen molar-refractivity contribution in [3.05, 3.63) is 39.3 Å². The molecular weight excluding hydrogens is 547 g/mol. The summed E-state index contributed by atoms with van der Waals surface area (Å²) in [7, 11) is -3.99. The van der Waals surface area contributed by atoms with Crippen molar-refractivity contribution in [2.75, 3.05) is 37.7 Å². The van der Waals surface area contributed by atoms with Gasteiger partial charge in [0.05, 0.1) is 21.5 Å². The molecule has 2 aromatic rings. The number of thiophene rings is 1. The van der Waals surface area contributed by atoms with Crippen molar-refractivity contribution in [1.82, 2.24) is 14.6 Å². The van der Waals surface area contributed by atoms with Crippen LogP contribution in [0.5, 0.6) is 0 Å². The molecule has 13 heteroatoms.